The number of piperazine rings is 1. The number of nitrogens with one attached hydrogen (secondary N) is 2. The maximum absolute atomic E-state index is 12.4. The van der Waals surface area contributed by atoms with E-state index in [0.29, 0.717) is 47.5 Å². The molecule has 2 aromatic carbocycles. The van der Waals surface area contributed by atoms with Gasteiger partial charge < -0.3 is 20.3 Å². The Morgan fingerprint density at radius 3 is 2.73 bits per heavy atom. The van der Waals surface area contributed by atoms with Gasteiger partial charge in [-0.25, -0.2) is 15.0 Å². The number of benzene rings is 2. The molecular weight excluding hydrogens is 518 g/mol. The molecule has 1 amide bonds. The van der Waals surface area contributed by atoms with Crippen molar-refractivity contribution in [3.05, 3.63) is 73.1 Å². The highest BCUT2D eigenvalue weighted by atomic mass is 16.7. The maximum Gasteiger partial charge on any atom is 0.247 e. The molecule has 0 radical (unpaired) electrons. The summed E-state index contributed by atoms with van der Waals surface area (Å²) in [6.07, 6.45) is 5.72. The Hall–Kier alpha value is -4.15. The first-order valence-corrected chi connectivity index (χ1v) is 14.3. The molecule has 3 fully saturated rings. The first-order chi connectivity index (χ1) is 20.1. The van der Waals surface area contributed by atoms with Crippen LogP contribution in [0.2, 0.25) is 0 Å². The molecule has 2 bridgehead atoms. The second kappa shape index (κ2) is 11.8. The van der Waals surface area contributed by atoms with Crippen LogP contribution in [0.5, 0.6) is 5.75 Å². The average Bonchev–Trinajstić information content (AvgIpc) is 3.74. The minimum absolute atomic E-state index is 0.175. The summed E-state index contributed by atoms with van der Waals surface area (Å²) in [6, 6.07) is 17.3. The summed E-state index contributed by atoms with van der Waals surface area (Å²) < 4.78 is 5.83. The van der Waals surface area contributed by atoms with Crippen molar-refractivity contribution in [1.82, 2.24) is 14.9 Å². The number of hydrogen-bond acceptors (Lipinski definition) is 9. The lowest BCUT2D eigenvalue weighted by atomic mass is 10.0. The van der Waals surface area contributed by atoms with Crippen LogP contribution in [0.15, 0.2) is 67.5 Å². The van der Waals surface area contributed by atoms with Gasteiger partial charge in [0.05, 0.1) is 36.8 Å². The molecular formula is C31H37N7O3. The third-order valence-electron chi connectivity index (χ3n) is 8.30. The number of likely N-dealkylation sites (N-methyl/N-ethyl adjacent to an activating group) is 1. The van der Waals surface area contributed by atoms with E-state index >= 15 is 0 Å². The Balaban J connectivity index is 1.26. The van der Waals surface area contributed by atoms with E-state index < -0.39 is 0 Å². The maximum atomic E-state index is 12.4. The Morgan fingerprint density at radius 1 is 1.15 bits per heavy atom. The lowest BCUT2D eigenvalue weighted by Crippen LogP contribution is -2.46. The molecule has 10 heteroatoms. The number of hydroxylamine groups is 1. The summed E-state index contributed by atoms with van der Waals surface area (Å²) in [7, 11) is 1.65. The van der Waals surface area contributed by atoms with Crippen molar-refractivity contribution in [2.75, 3.05) is 53.9 Å². The van der Waals surface area contributed by atoms with E-state index in [2.05, 4.69) is 68.2 Å². The Morgan fingerprint density at radius 2 is 2.00 bits per heavy atom. The van der Waals surface area contributed by atoms with E-state index in [-0.39, 0.29) is 11.9 Å². The molecule has 3 aliphatic rings. The third kappa shape index (κ3) is 5.57. The van der Waals surface area contributed by atoms with Crippen LogP contribution < -0.4 is 25.3 Å². The molecule has 0 aliphatic carbocycles. The van der Waals surface area contributed by atoms with Crippen LogP contribution in [0, 0.1) is 0 Å². The monoisotopic (exact) mass is 555 g/mol. The largest absolute Gasteiger partial charge is 0.494 e. The number of aromatic nitrogens is 2. The molecule has 0 saturated carbocycles. The van der Waals surface area contributed by atoms with Gasteiger partial charge in [-0.05, 0) is 43.5 Å². The highest BCUT2D eigenvalue weighted by molar-refractivity contribution is 6.02. The van der Waals surface area contributed by atoms with Crippen molar-refractivity contribution in [3.63, 3.8) is 0 Å². The first-order valence-electron chi connectivity index (χ1n) is 14.3. The zero-order chi connectivity index (χ0) is 28.3. The summed E-state index contributed by atoms with van der Waals surface area (Å²) >= 11 is 0. The fourth-order valence-corrected chi connectivity index (χ4v) is 6.30. The van der Waals surface area contributed by atoms with Gasteiger partial charge in [0, 0.05) is 37.3 Å². The standard InChI is InChI=1S/C31H37N7O3/c1-4-31(39)35-25-15-26(28(40-3)16-27(25)37-19-23-14-24(37)18-36(23)5-2)34-29-17-30(33-20-32-29)38-22(11-12-41-38)13-21-9-7-6-8-10-21/h4,6-10,15-17,20,22-24H,1,5,11-14,18-19H2,2-3H3,(H,35,39)(H,32,33,34)/t22-,23+,24+/m1/s1. The number of anilines is 5. The van der Waals surface area contributed by atoms with E-state index in [4.69, 9.17) is 9.57 Å². The fourth-order valence-electron chi connectivity index (χ4n) is 6.30. The number of nitrogens with zero attached hydrogens (tertiary/aromatic N) is 5. The van der Waals surface area contributed by atoms with Gasteiger partial charge in [-0.15, -0.1) is 0 Å². The predicted octanol–water partition coefficient (Wildman–Crippen LogP) is 4.39. The van der Waals surface area contributed by atoms with E-state index in [1.165, 1.54) is 18.0 Å². The number of carbonyl (C=O) groups is 1. The number of carbonyl (C=O) groups excluding carboxylic acids is 1. The molecule has 4 heterocycles. The van der Waals surface area contributed by atoms with Gasteiger partial charge in [-0.3, -0.25) is 14.5 Å². The molecule has 41 heavy (non-hydrogen) atoms. The summed E-state index contributed by atoms with van der Waals surface area (Å²) in [4.78, 5) is 32.3. The molecule has 2 N–H and O–H groups in total. The summed E-state index contributed by atoms with van der Waals surface area (Å²) in [6.45, 7) is 9.48. The number of amides is 1. The van der Waals surface area contributed by atoms with Gasteiger partial charge in [-0.2, -0.15) is 0 Å². The van der Waals surface area contributed by atoms with Crippen LogP contribution in [0.1, 0.15) is 25.3 Å². The second-order valence-corrected chi connectivity index (χ2v) is 10.7. The lowest BCUT2D eigenvalue weighted by Gasteiger charge is -2.36. The zero-order valence-electron chi connectivity index (χ0n) is 23.6. The molecule has 3 aliphatic heterocycles. The van der Waals surface area contributed by atoms with Crippen molar-refractivity contribution in [2.45, 2.75) is 44.3 Å². The number of methoxy groups -OCH3 is 1. The van der Waals surface area contributed by atoms with E-state index in [0.717, 1.165) is 44.6 Å². The summed E-state index contributed by atoms with van der Waals surface area (Å²) in [5, 5.41) is 8.29. The number of hydrogen-bond donors (Lipinski definition) is 2. The summed E-state index contributed by atoms with van der Waals surface area (Å²) in [5.74, 6) is 1.67. The van der Waals surface area contributed by atoms with E-state index in [9.17, 15) is 4.79 Å². The number of ether oxygens (including phenoxy) is 1. The Kier molecular flexibility index (Phi) is 7.76. The predicted molar refractivity (Wildman–Crippen MR) is 161 cm³/mol. The normalized spacial score (nSPS) is 21.8. The van der Waals surface area contributed by atoms with Crippen LogP contribution >= 0.6 is 0 Å². The van der Waals surface area contributed by atoms with Gasteiger partial charge in [0.2, 0.25) is 5.91 Å². The van der Waals surface area contributed by atoms with Gasteiger partial charge in [0.1, 0.15) is 17.9 Å². The molecule has 214 valence electrons. The highest BCUT2D eigenvalue weighted by Gasteiger charge is 2.43. The minimum Gasteiger partial charge on any atom is -0.494 e. The Bertz CT molecular complexity index is 1400. The molecule has 0 unspecified atom stereocenters. The molecule has 10 nitrogen and oxygen atoms in total. The van der Waals surface area contributed by atoms with Gasteiger partial charge in [0.25, 0.3) is 0 Å². The molecule has 3 saturated heterocycles. The lowest BCUT2D eigenvalue weighted by molar-refractivity contribution is -0.111. The third-order valence-corrected chi connectivity index (χ3v) is 8.30. The highest BCUT2D eigenvalue weighted by Crippen LogP contribution is 2.43. The molecule has 6 rings (SSSR count). The van der Waals surface area contributed by atoms with Crippen molar-refractivity contribution in [1.29, 1.82) is 0 Å². The van der Waals surface area contributed by atoms with Crippen LogP contribution in [-0.4, -0.2) is 72.3 Å². The van der Waals surface area contributed by atoms with Gasteiger partial charge >= 0.3 is 0 Å². The molecule has 0 spiro atoms. The number of likely N-dealkylation sites (tertiary alicyclic amines) is 1. The Labute approximate surface area is 240 Å². The fraction of sp³-hybridized carbons (Fsp3) is 0.387. The molecule has 3 atom stereocenters. The molecule has 3 aromatic rings. The van der Waals surface area contributed by atoms with E-state index in [1.54, 1.807) is 7.11 Å². The van der Waals surface area contributed by atoms with Crippen molar-refractivity contribution in [3.8, 4) is 5.75 Å². The number of rotatable bonds is 10. The van der Waals surface area contributed by atoms with Crippen molar-refractivity contribution < 1.29 is 14.4 Å². The quantitative estimate of drug-likeness (QED) is 0.353. The molecule has 1 aromatic heterocycles. The first kappa shape index (κ1) is 27.0. The number of fused-ring (bicyclic) bond motifs is 2. The smallest absolute Gasteiger partial charge is 0.247 e. The minimum atomic E-state index is -0.262. The van der Waals surface area contributed by atoms with Crippen LogP contribution in [0.25, 0.3) is 0 Å². The van der Waals surface area contributed by atoms with Crippen LogP contribution in [0.4, 0.5) is 28.7 Å². The average molecular weight is 556 g/mol. The van der Waals surface area contributed by atoms with Crippen LogP contribution in [-0.2, 0) is 16.1 Å². The van der Waals surface area contributed by atoms with E-state index in [1.807, 2.05) is 29.3 Å². The second-order valence-electron chi connectivity index (χ2n) is 10.7. The van der Waals surface area contributed by atoms with Crippen LogP contribution in [0.3, 0.4) is 0 Å². The van der Waals surface area contributed by atoms with Gasteiger partial charge in [0.15, 0.2) is 5.82 Å². The zero-order valence-corrected chi connectivity index (χ0v) is 23.6. The SMILES string of the molecule is C=CC(=O)Nc1cc(Nc2cc(N3OCC[C@@H]3Cc3ccccc3)ncn2)c(OC)cc1N1C[C@@H]2C[C@H]1CN2CC. The van der Waals surface area contributed by atoms with Crippen molar-refractivity contribution in [2.24, 2.45) is 0 Å². The van der Waals surface area contributed by atoms with Crippen molar-refractivity contribution >= 4 is 34.6 Å². The van der Waals surface area contributed by atoms with Gasteiger partial charge in [-0.1, -0.05) is 43.8 Å². The topological polar surface area (TPSA) is 95.1 Å². The summed E-state index contributed by atoms with van der Waals surface area (Å²) in [5.41, 5.74) is 3.59.